The minimum absolute atomic E-state index is 0.0533. The molecule has 17 heavy (non-hydrogen) atoms. The van der Waals surface area contributed by atoms with Crippen molar-refractivity contribution in [2.24, 2.45) is 5.92 Å². The molecule has 1 atom stereocenters. The number of thioether (sulfide) groups is 1. The number of hydrogen-bond donors (Lipinski definition) is 2. The van der Waals surface area contributed by atoms with E-state index in [1.165, 1.54) is 12.1 Å². The minimum atomic E-state index is -0.973. The molecule has 0 bridgehead atoms. The number of nitrogens with one attached hydrogen (secondary N) is 1. The summed E-state index contributed by atoms with van der Waals surface area (Å²) in [5.41, 5.74) is 0.827. The molecule has 1 amide bonds. The summed E-state index contributed by atoms with van der Waals surface area (Å²) in [7, 11) is 0. The molecule has 4 nitrogen and oxygen atoms in total. The molecular weight excluding hydrogens is 238 g/mol. The number of rotatable bonds is 5. The Morgan fingerprint density at radius 1 is 1.35 bits per heavy atom. The van der Waals surface area contributed by atoms with Crippen molar-refractivity contribution in [2.45, 2.75) is 6.92 Å². The van der Waals surface area contributed by atoms with Crippen LogP contribution in [-0.4, -0.2) is 29.0 Å². The van der Waals surface area contributed by atoms with E-state index in [-0.39, 0.29) is 17.4 Å². The number of amides is 1. The molecular formula is C12H15NO3S. The first-order valence-corrected chi connectivity index (χ1v) is 6.57. The Morgan fingerprint density at radius 2 is 1.94 bits per heavy atom. The average molecular weight is 253 g/mol. The van der Waals surface area contributed by atoms with Crippen LogP contribution in [0.3, 0.4) is 0 Å². The second-order valence-corrected chi connectivity index (χ2v) is 4.64. The maximum absolute atomic E-state index is 11.7. The number of aromatic carboxylic acids is 1. The smallest absolute Gasteiger partial charge is 0.335 e. The van der Waals surface area contributed by atoms with E-state index in [9.17, 15) is 9.59 Å². The van der Waals surface area contributed by atoms with Gasteiger partial charge < -0.3 is 10.4 Å². The molecule has 0 heterocycles. The van der Waals surface area contributed by atoms with Crippen LogP contribution in [0.25, 0.3) is 0 Å². The van der Waals surface area contributed by atoms with Crippen LogP contribution in [0.1, 0.15) is 17.3 Å². The van der Waals surface area contributed by atoms with Crippen LogP contribution < -0.4 is 5.32 Å². The third-order valence-corrected chi connectivity index (χ3v) is 3.10. The van der Waals surface area contributed by atoms with Crippen LogP contribution in [0.5, 0.6) is 0 Å². The van der Waals surface area contributed by atoms with E-state index >= 15 is 0 Å². The highest BCUT2D eigenvalue weighted by Crippen LogP contribution is 2.12. The molecule has 0 aliphatic heterocycles. The van der Waals surface area contributed by atoms with Gasteiger partial charge in [0.25, 0.3) is 0 Å². The number of benzene rings is 1. The van der Waals surface area contributed by atoms with Gasteiger partial charge in [-0.1, -0.05) is 6.92 Å². The van der Waals surface area contributed by atoms with Crippen LogP contribution in [0.4, 0.5) is 5.69 Å². The number of carboxylic acid groups (broad SMARTS) is 1. The summed E-state index contributed by atoms with van der Waals surface area (Å²) in [5.74, 6) is -0.329. The van der Waals surface area contributed by atoms with Crippen molar-refractivity contribution in [1.82, 2.24) is 0 Å². The second-order valence-electron chi connectivity index (χ2n) is 3.73. The highest BCUT2D eigenvalue weighted by molar-refractivity contribution is 7.98. The molecule has 1 unspecified atom stereocenters. The molecule has 5 heteroatoms. The van der Waals surface area contributed by atoms with Gasteiger partial charge in [0.05, 0.1) is 5.56 Å². The van der Waals surface area contributed by atoms with Crippen LogP contribution in [0, 0.1) is 5.92 Å². The Balaban J connectivity index is 2.63. The van der Waals surface area contributed by atoms with Gasteiger partial charge in [-0.15, -0.1) is 0 Å². The molecule has 0 aromatic heterocycles. The van der Waals surface area contributed by atoms with Crippen molar-refractivity contribution in [3.63, 3.8) is 0 Å². The fraction of sp³-hybridized carbons (Fsp3) is 0.333. The van der Waals surface area contributed by atoms with Crippen LogP contribution >= 0.6 is 11.8 Å². The first-order chi connectivity index (χ1) is 8.04. The molecule has 0 radical (unpaired) electrons. The SMILES string of the molecule is CSCC(C)C(=O)Nc1ccc(C(=O)O)cc1. The van der Waals surface area contributed by atoms with Gasteiger partial charge >= 0.3 is 5.97 Å². The molecule has 0 aliphatic carbocycles. The zero-order chi connectivity index (χ0) is 12.8. The van der Waals surface area contributed by atoms with Crippen molar-refractivity contribution < 1.29 is 14.7 Å². The molecule has 1 aromatic carbocycles. The normalized spacial score (nSPS) is 11.9. The summed E-state index contributed by atoms with van der Waals surface area (Å²) in [6.45, 7) is 1.86. The van der Waals surface area contributed by atoms with Gasteiger partial charge in [-0.25, -0.2) is 4.79 Å². The van der Waals surface area contributed by atoms with Gasteiger partial charge in [-0.05, 0) is 30.5 Å². The summed E-state index contributed by atoms with van der Waals surface area (Å²) in [6, 6.07) is 6.12. The topological polar surface area (TPSA) is 66.4 Å². The van der Waals surface area contributed by atoms with E-state index in [4.69, 9.17) is 5.11 Å². The third-order valence-electron chi connectivity index (χ3n) is 2.26. The van der Waals surface area contributed by atoms with E-state index in [1.807, 2.05) is 13.2 Å². The Hall–Kier alpha value is -1.49. The van der Waals surface area contributed by atoms with Gasteiger partial charge in [0.2, 0.25) is 5.91 Å². The van der Waals surface area contributed by atoms with E-state index in [1.54, 1.807) is 23.9 Å². The Labute approximate surface area is 104 Å². The Morgan fingerprint density at radius 3 is 2.41 bits per heavy atom. The molecule has 2 N–H and O–H groups in total. The molecule has 0 saturated heterocycles. The van der Waals surface area contributed by atoms with Gasteiger partial charge in [0, 0.05) is 17.4 Å². The summed E-state index contributed by atoms with van der Waals surface area (Å²) < 4.78 is 0. The predicted molar refractivity (Wildman–Crippen MR) is 69.6 cm³/mol. The lowest BCUT2D eigenvalue weighted by molar-refractivity contribution is -0.118. The number of carbonyl (C=O) groups is 2. The van der Waals surface area contributed by atoms with E-state index in [0.717, 1.165) is 5.75 Å². The molecule has 0 aliphatic rings. The second kappa shape index (κ2) is 6.30. The van der Waals surface area contributed by atoms with Crippen LogP contribution in [-0.2, 0) is 4.79 Å². The molecule has 1 aromatic rings. The van der Waals surface area contributed by atoms with Crippen molar-refractivity contribution >= 4 is 29.3 Å². The number of anilines is 1. The van der Waals surface area contributed by atoms with Crippen LogP contribution in [0.2, 0.25) is 0 Å². The number of hydrogen-bond acceptors (Lipinski definition) is 3. The first-order valence-electron chi connectivity index (χ1n) is 5.17. The molecule has 1 rings (SSSR count). The van der Waals surface area contributed by atoms with Gasteiger partial charge in [-0.3, -0.25) is 4.79 Å². The van der Waals surface area contributed by atoms with E-state index < -0.39 is 5.97 Å². The molecule has 0 saturated carbocycles. The first kappa shape index (κ1) is 13.6. The van der Waals surface area contributed by atoms with Crippen molar-refractivity contribution in [3.8, 4) is 0 Å². The molecule has 92 valence electrons. The standard InChI is InChI=1S/C12H15NO3S/c1-8(7-17-2)11(14)13-10-5-3-9(4-6-10)12(15)16/h3-6,8H,7H2,1-2H3,(H,13,14)(H,15,16). The Kier molecular flexibility index (Phi) is 5.03. The zero-order valence-electron chi connectivity index (χ0n) is 9.77. The largest absolute Gasteiger partial charge is 0.478 e. The lowest BCUT2D eigenvalue weighted by Crippen LogP contribution is -2.22. The van der Waals surface area contributed by atoms with Gasteiger partial charge in [0.1, 0.15) is 0 Å². The maximum Gasteiger partial charge on any atom is 0.335 e. The lowest BCUT2D eigenvalue weighted by Gasteiger charge is -2.10. The molecule has 0 fully saturated rings. The van der Waals surface area contributed by atoms with Crippen molar-refractivity contribution in [3.05, 3.63) is 29.8 Å². The lowest BCUT2D eigenvalue weighted by atomic mass is 10.1. The third kappa shape index (κ3) is 4.11. The minimum Gasteiger partial charge on any atom is -0.478 e. The summed E-state index contributed by atoms with van der Waals surface area (Å²) in [6.07, 6.45) is 1.95. The summed E-state index contributed by atoms with van der Waals surface area (Å²) in [5, 5.41) is 11.5. The summed E-state index contributed by atoms with van der Waals surface area (Å²) in [4.78, 5) is 22.3. The van der Waals surface area contributed by atoms with E-state index in [0.29, 0.717) is 5.69 Å². The fourth-order valence-corrected chi connectivity index (χ4v) is 1.94. The van der Waals surface area contributed by atoms with Gasteiger partial charge in [-0.2, -0.15) is 11.8 Å². The summed E-state index contributed by atoms with van der Waals surface area (Å²) >= 11 is 1.62. The van der Waals surface area contributed by atoms with Crippen molar-refractivity contribution in [2.75, 3.05) is 17.3 Å². The molecule has 0 spiro atoms. The maximum atomic E-state index is 11.7. The fourth-order valence-electron chi connectivity index (χ4n) is 1.29. The van der Waals surface area contributed by atoms with E-state index in [2.05, 4.69) is 5.32 Å². The predicted octanol–water partition coefficient (Wildman–Crippen LogP) is 2.32. The van der Waals surface area contributed by atoms with Crippen LogP contribution in [0.15, 0.2) is 24.3 Å². The number of carbonyl (C=O) groups excluding carboxylic acids is 1. The Bertz CT molecular complexity index is 403. The van der Waals surface area contributed by atoms with Crippen molar-refractivity contribution in [1.29, 1.82) is 0 Å². The highest BCUT2D eigenvalue weighted by atomic mass is 32.2. The monoisotopic (exact) mass is 253 g/mol. The zero-order valence-corrected chi connectivity index (χ0v) is 10.6. The number of carboxylic acids is 1. The van der Waals surface area contributed by atoms with Gasteiger partial charge in [0.15, 0.2) is 0 Å². The average Bonchev–Trinajstić information content (AvgIpc) is 2.30. The quantitative estimate of drug-likeness (QED) is 0.845. The highest BCUT2D eigenvalue weighted by Gasteiger charge is 2.12.